The summed E-state index contributed by atoms with van der Waals surface area (Å²) < 4.78 is 8.30. The topological polar surface area (TPSA) is 85.7 Å². The van der Waals surface area contributed by atoms with Crippen LogP contribution in [0.2, 0.25) is 5.15 Å². The summed E-state index contributed by atoms with van der Waals surface area (Å²) in [6.07, 6.45) is 2.70. The van der Waals surface area contributed by atoms with Crippen molar-refractivity contribution in [2.75, 3.05) is 0 Å². The minimum atomic E-state index is -0.455. The van der Waals surface area contributed by atoms with Crippen LogP contribution in [0.4, 0.5) is 0 Å². The van der Waals surface area contributed by atoms with Gasteiger partial charge in [0.05, 0.1) is 11.2 Å². The van der Waals surface area contributed by atoms with Gasteiger partial charge >= 0.3 is 5.97 Å². The molecule has 3 heterocycles. The Morgan fingerprint density at radius 2 is 2.14 bits per heavy atom. The van der Waals surface area contributed by atoms with Crippen molar-refractivity contribution in [3.05, 3.63) is 68.8 Å². The number of fused-ring (bicyclic) bond motifs is 2. The smallest absolute Gasteiger partial charge is 0.359 e. The monoisotopic (exact) mass is 471 g/mol. The number of imidazole rings is 1. The van der Waals surface area contributed by atoms with E-state index in [4.69, 9.17) is 16.3 Å². The fourth-order valence-electron chi connectivity index (χ4n) is 3.61. The van der Waals surface area contributed by atoms with Crippen LogP contribution in [-0.2, 0) is 24.2 Å². The molecule has 0 fully saturated rings. The third-order valence-corrected chi connectivity index (χ3v) is 5.58. The summed E-state index contributed by atoms with van der Waals surface area (Å²) in [6, 6.07) is 11.3. The molecule has 0 saturated carbocycles. The Labute approximate surface area is 179 Å². The molecule has 7 nitrogen and oxygen atoms in total. The van der Waals surface area contributed by atoms with Gasteiger partial charge in [0.15, 0.2) is 11.3 Å². The van der Waals surface area contributed by atoms with Gasteiger partial charge in [-0.05, 0) is 49.6 Å². The van der Waals surface area contributed by atoms with E-state index in [9.17, 15) is 4.79 Å². The highest BCUT2D eigenvalue weighted by Gasteiger charge is 2.28. The second-order valence-corrected chi connectivity index (χ2v) is 8.09. The lowest BCUT2D eigenvalue weighted by Gasteiger charge is -2.05. The van der Waals surface area contributed by atoms with Crippen molar-refractivity contribution in [1.82, 2.24) is 24.7 Å². The number of halogens is 2. The molecule has 0 saturated heterocycles. The normalized spacial score (nSPS) is 13.0. The van der Waals surface area contributed by atoms with Gasteiger partial charge in [-0.15, -0.1) is 0 Å². The second-order valence-electron chi connectivity index (χ2n) is 6.78. The molecule has 0 radical (unpaired) electrons. The molecule has 1 aliphatic rings. The van der Waals surface area contributed by atoms with Crippen molar-refractivity contribution in [3.63, 3.8) is 0 Å². The van der Waals surface area contributed by atoms with Crippen LogP contribution in [0.1, 0.15) is 34.0 Å². The molecule has 1 aliphatic carbocycles. The summed E-state index contributed by atoms with van der Waals surface area (Å²) in [5, 5.41) is 4.93. The Bertz CT molecular complexity index is 1250. The van der Waals surface area contributed by atoms with E-state index in [1.165, 1.54) is 0 Å². The van der Waals surface area contributed by atoms with Gasteiger partial charge in [-0.1, -0.05) is 33.6 Å². The maximum absolute atomic E-state index is 12.8. The van der Waals surface area contributed by atoms with E-state index >= 15 is 0 Å². The number of benzene rings is 1. The summed E-state index contributed by atoms with van der Waals surface area (Å²) >= 11 is 9.38. The van der Waals surface area contributed by atoms with Crippen molar-refractivity contribution in [2.45, 2.75) is 25.9 Å². The molecule has 146 valence electrons. The van der Waals surface area contributed by atoms with E-state index in [-0.39, 0.29) is 6.61 Å². The quantitative estimate of drug-likeness (QED) is 0.351. The van der Waals surface area contributed by atoms with E-state index in [0.717, 1.165) is 46.2 Å². The summed E-state index contributed by atoms with van der Waals surface area (Å²) in [5.74, 6) is 0.0505. The Morgan fingerprint density at radius 1 is 1.24 bits per heavy atom. The minimum Gasteiger partial charge on any atom is -0.453 e. The summed E-state index contributed by atoms with van der Waals surface area (Å²) in [4.78, 5) is 24.3. The van der Waals surface area contributed by atoms with E-state index in [1.807, 2.05) is 28.9 Å². The molecule has 9 heteroatoms. The third-order valence-electron chi connectivity index (χ3n) is 4.88. The molecule has 3 aromatic heterocycles. The molecule has 1 aromatic carbocycles. The molecule has 4 aromatic rings. The molecule has 0 aliphatic heterocycles. The SMILES string of the molecule is O=C(OCc1nc2nc(Cl)ccc2[nH]1)c1nn(-c2cccc(Br)c2)c2c1CCC2. The molecule has 0 amide bonds. The van der Waals surface area contributed by atoms with Gasteiger partial charge in [0.25, 0.3) is 0 Å². The van der Waals surface area contributed by atoms with Crippen LogP contribution in [0, 0.1) is 0 Å². The zero-order valence-electron chi connectivity index (χ0n) is 15.2. The fraction of sp³-hybridized carbons (Fsp3) is 0.200. The maximum Gasteiger partial charge on any atom is 0.359 e. The molecular weight excluding hydrogens is 458 g/mol. The van der Waals surface area contributed by atoms with Crippen molar-refractivity contribution >= 4 is 44.7 Å². The number of aromatic amines is 1. The van der Waals surface area contributed by atoms with E-state index in [1.54, 1.807) is 12.1 Å². The lowest BCUT2D eigenvalue weighted by Crippen LogP contribution is -2.10. The van der Waals surface area contributed by atoms with Crippen molar-refractivity contribution in [3.8, 4) is 5.69 Å². The highest BCUT2D eigenvalue weighted by molar-refractivity contribution is 9.10. The number of carbonyl (C=O) groups excluding carboxylic acids is 1. The molecule has 0 unspecified atom stereocenters. The number of nitrogens with zero attached hydrogens (tertiary/aromatic N) is 4. The van der Waals surface area contributed by atoms with Gasteiger partial charge in [0, 0.05) is 15.7 Å². The largest absolute Gasteiger partial charge is 0.453 e. The number of rotatable bonds is 4. The number of ether oxygens (including phenoxy) is 1. The average Bonchev–Trinajstić information content (AvgIpc) is 3.40. The zero-order valence-corrected chi connectivity index (χ0v) is 17.5. The molecule has 0 spiro atoms. The Hall–Kier alpha value is -2.71. The van der Waals surface area contributed by atoms with Crippen LogP contribution in [0.15, 0.2) is 40.9 Å². The minimum absolute atomic E-state index is 0.00529. The van der Waals surface area contributed by atoms with E-state index in [0.29, 0.717) is 22.3 Å². The maximum atomic E-state index is 12.8. The van der Waals surface area contributed by atoms with Gasteiger partial charge in [0.1, 0.15) is 17.6 Å². The number of esters is 1. The number of hydrogen-bond acceptors (Lipinski definition) is 5. The zero-order chi connectivity index (χ0) is 20.0. The van der Waals surface area contributed by atoms with Gasteiger partial charge in [0.2, 0.25) is 0 Å². The van der Waals surface area contributed by atoms with Crippen LogP contribution in [0.3, 0.4) is 0 Å². The predicted octanol–water partition coefficient (Wildman–Crippen LogP) is 4.41. The van der Waals surface area contributed by atoms with Gasteiger partial charge in [-0.2, -0.15) is 5.10 Å². The average molecular weight is 473 g/mol. The summed E-state index contributed by atoms with van der Waals surface area (Å²) in [6.45, 7) is 0.00529. The van der Waals surface area contributed by atoms with Crippen LogP contribution in [0.5, 0.6) is 0 Å². The molecule has 5 rings (SSSR count). The second kappa shape index (κ2) is 7.27. The number of nitrogens with one attached hydrogen (secondary N) is 1. The van der Waals surface area contributed by atoms with E-state index in [2.05, 4.69) is 36.0 Å². The summed E-state index contributed by atoms with van der Waals surface area (Å²) in [5.41, 5.74) is 4.54. The first-order chi connectivity index (χ1) is 14.1. The fourth-order valence-corrected chi connectivity index (χ4v) is 4.14. The molecule has 29 heavy (non-hydrogen) atoms. The van der Waals surface area contributed by atoms with Crippen molar-refractivity contribution in [1.29, 1.82) is 0 Å². The first-order valence-electron chi connectivity index (χ1n) is 9.13. The van der Waals surface area contributed by atoms with Crippen LogP contribution >= 0.6 is 27.5 Å². The number of hydrogen-bond donors (Lipinski definition) is 1. The molecular formula is C20H15BrClN5O2. The number of pyridine rings is 1. The highest BCUT2D eigenvalue weighted by Crippen LogP contribution is 2.29. The van der Waals surface area contributed by atoms with Crippen molar-refractivity contribution in [2.24, 2.45) is 0 Å². The Morgan fingerprint density at radius 3 is 3.00 bits per heavy atom. The van der Waals surface area contributed by atoms with Crippen LogP contribution < -0.4 is 0 Å². The number of aromatic nitrogens is 5. The highest BCUT2D eigenvalue weighted by atomic mass is 79.9. The summed E-state index contributed by atoms with van der Waals surface area (Å²) in [7, 11) is 0. The van der Waals surface area contributed by atoms with Crippen LogP contribution in [-0.4, -0.2) is 30.7 Å². The first kappa shape index (κ1) is 18.3. The third kappa shape index (κ3) is 3.42. The Kier molecular flexibility index (Phi) is 4.60. The van der Waals surface area contributed by atoms with E-state index < -0.39 is 5.97 Å². The standard InChI is InChI=1S/C20H15BrClN5O2/c21-11-3-1-4-12(9-11)27-15-6-2-5-13(15)18(26-27)20(28)29-10-17-23-14-7-8-16(22)24-19(14)25-17/h1,3-4,7-9H,2,5-6,10H2,(H,23,24,25). The Balaban J connectivity index is 1.40. The van der Waals surface area contributed by atoms with Crippen molar-refractivity contribution < 1.29 is 9.53 Å². The van der Waals surface area contributed by atoms with Gasteiger partial charge in [-0.25, -0.2) is 19.4 Å². The lowest BCUT2D eigenvalue weighted by molar-refractivity contribution is 0.0454. The van der Waals surface area contributed by atoms with Gasteiger partial charge in [-0.3, -0.25) is 0 Å². The molecule has 1 N–H and O–H groups in total. The van der Waals surface area contributed by atoms with Crippen LogP contribution in [0.25, 0.3) is 16.9 Å². The predicted molar refractivity (Wildman–Crippen MR) is 111 cm³/mol. The first-order valence-corrected chi connectivity index (χ1v) is 10.3. The lowest BCUT2D eigenvalue weighted by atomic mass is 10.2. The molecule has 0 atom stereocenters. The van der Waals surface area contributed by atoms with Gasteiger partial charge < -0.3 is 9.72 Å². The number of H-pyrrole nitrogens is 1. The molecule has 0 bridgehead atoms. The number of carbonyl (C=O) groups is 1.